The van der Waals surface area contributed by atoms with Crippen LogP contribution in [0.2, 0.25) is 0 Å². The molecule has 0 aliphatic rings. The van der Waals surface area contributed by atoms with Crippen molar-refractivity contribution in [1.82, 2.24) is 0 Å². The van der Waals surface area contributed by atoms with Gasteiger partial charge in [0.1, 0.15) is 11.0 Å². The van der Waals surface area contributed by atoms with Crippen molar-refractivity contribution in [2.75, 3.05) is 11.4 Å². The van der Waals surface area contributed by atoms with Gasteiger partial charge < -0.3 is 0 Å². The molecule has 1 aromatic rings. The van der Waals surface area contributed by atoms with Crippen LogP contribution in [0.15, 0.2) is 30.3 Å². The van der Waals surface area contributed by atoms with Gasteiger partial charge in [0.05, 0.1) is 4.75 Å². The third kappa shape index (κ3) is 2.58. The molecule has 0 spiro atoms. The summed E-state index contributed by atoms with van der Waals surface area (Å²) in [5.41, 5.74) is 0.987. The van der Waals surface area contributed by atoms with Crippen LogP contribution in [0.4, 0.5) is 5.69 Å². The molecule has 0 unspecified atom stereocenters. The second-order valence-corrected chi connectivity index (χ2v) is 6.47. The Morgan fingerprint density at radius 3 is 2.07 bits per heavy atom. The minimum atomic E-state index is -1.000. The number of hydrogen-bond donors (Lipinski definition) is 0. The highest BCUT2D eigenvalue weighted by Gasteiger charge is 2.23. The number of anilines is 1. The van der Waals surface area contributed by atoms with Gasteiger partial charge in [-0.05, 0) is 32.9 Å². The van der Waals surface area contributed by atoms with Crippen molar-refractivity contribution in [3.8, 4) is 0 Å². The van der Waals surface area contributed by atoms with E-state index in [4.69, 9.17) is 0 Å². The van der Waals surface area contributed by atoms with Gasteiger partial charge in [0.2, 0.25) is 0 Å². The first-order valence-corrected chi connectivity index (χ1v) is 5.74. The zero-order valence-electron chi connectivity index (χ0n) is 9.15. The van der Waals surface area contributed by atoms with Crippen molar-refractivity contribution >= 4 is 16.7 Å². The van der Waals surface area contributed by atoms with Gasteiger partial charge in [0.15, 0.2) is 0 Å². The third-order valence-electron chi connectivity index (χ3n) is 1.89. The van der Waals surface area contributed by atoms with Crippen LogP contribution in [0.1, 0.15) is 20.8 Å². The molecular weight excluding hydrogens is 194 g/mol. The van der Waals surface area contributed by atoms with E-state index in [0.29, 0.717) is 0 Å². The first kappa shape index (κ1) is 11.2. The van der Waals surface area contributed by atoms with Gasteiger partial charge in [-0.25, -0.2) is 4.21 Å². The van der Waals surface area contributed by atoms with Crippen molar-refractivity contribution in [1.29, 1.82) is 0 Å². The molecule has 1 atom stereocenters. The predicted octanol–water partition coefficient (Wildman–Crippen LogP) is 2.59. The van der Waals surface area contributed by atoms with Gasteiger partial charge in [-0.2, -0.15) is 0 Å². The van der Waals surface area contributed by atoms with Crippen LogP contribution in [0.5, 0.6) is 0 Å². The monoisotopic (exact) mass is 211 g/mol. The van der Waals surface area contributed by atoms with Crippen LogP contribution in [0.3, 0.4) is 0 Å². The fourth-order valence-electron chi connectivity index (χ4n) is 1.14. The summed E-state index contributed by atoms with van der Waals surface area (Å²) in [5.74, 6) is 0. The molecule has 0 saturated heterocycles. The molecule has 2 nitrogen and oxygen atoms in total. The summed E-state index contributed by atoms with van der Waals surface area (Å²) in [6.45, 7) is 5.92. The lowest BCUT2D eigenvalue weighted by atomic mass is 10.3. The Morgan fingerprint density at radius 2 is 1.64 bits per heavy atom. The van der Waals surface area contributed by atoms with E-state index in [-0.39, 0.29) is 4.75 Å². The molecular formula is C11H17NOS. The summed E-state index contributed by atoms with van der Waals surface area (Å²) in [7, 11) is 0.858. The molecule has 0 amide bonds. The third-order valence-corrected chi connectivity index (χ3v) is 3.65. The van der Waals surface area contributed by atoms with Crippen LogP contribution in [0.25, 0.3) is 0 Å². The van der Waals surface area contributed by atoms with E-state index in [2.05, 4.69) is 0 Å². The highest BCUT2D eigenvalue weighted by atomic mass is 32.2. The van der Waals surface area contributed by atoms with Crippen molar-refractivity contribution in [3.05, 3.63) is 30.3 Å². The highest BCUT2D eigenvalue weighted by Crippen LogP contribution is 2.20. The molecule has 0 N–H and O–H groups in total. The first-order valence-electron chi connectivity index (χ1n) is 4.63. The topological polar surface area (TPSA) is 20.3 Å². The maximum Gasteiger partial charge on any atom is 0.124 e. The molecule has 0 aliphatic heterocycles. The maximum atomic E-state index is 12.0. The van der Waals surface area contributed by atoms with Gasteiger partial charge in [-0.3, -0.25) is 4.31 Å². The fourth-order valence-corrected chi connectivity index (χ4v) is 2.28. The summed E-state index contributed by atoms with van der Waals surface area (Å²) < 4.78 is 13.6. The zero-order valence-corrected chi connectivity index (χ0v) is 9.97. The molecule has 0 aliphatic carbocycles. The number of rotatable bonds is 2. The van der Waals surface area contributed by atoms with Crippen LogP contribution < -0.4 is 4.31 Å². The number of benzene rings is 1. The first-order chi connectivity index (χ1) is 6.43. The minimum absolute atomic E-state index is 0.218. The molecule has 0 saturated carbocycles. The van der Waals surface area contributed by atoms with E-state index in [9.17, 15) is 4.21 Å². The smallest absolute Gasteiger partial charge is 0.124 e. The van der Waals surface area contributed by atoms with E-state index in [1.807, 2.05) is 58.2 Å². The summed E-state index contributed by atoms with van der Waals surface area (Å²) in [6, 6.07) is 9.78. The standard InChI is InChI=1S/C11H17NOS/c1-11(2,3)14(13)12(4)10-8-6-5-7-9-10/h5-9H,1-4H3/t14-/m1/s1. The Hall–Kier alpha value is -0.830. The Labute approximate surface area is 88.5 Å². The zero-order chi connectivity index (χ0) is 10.8. The molecule has 0 radical (unpaired) electrons. The summed E-state index contributed by atoms with van der Waals surface area (Å²) in [5, 5.41) is 0. The van der Waals surface area contributed by atoms with Gasteiger partial charge in [-0.15, -0.1) is 0 Å². The van der Waals surface area contributed by atoms with Crippen molar-refractivity contribution < 1.29 is 4.21 Å². The van der Waals surface area contributed by atoms with E-state index in [0.717, 1.165) is 5.69 Å². The molecule has 1 aromatic carbocycles. The number of nitrogens with zero attached hydrogens (tertiary/aromatic N) is 1. The second kappa shape index (κ2) is 4.13. The lowest BCUT2D eigenvalue weighted by Crippen LogP contribution is -2.34. The predicted molar refractivity (Wildman–Crippen MR) is 62.7 cm³/mol. The van der Waals surface area contributed by atoms with Crippen LogP contribution in [-0.2, 0) is 11.0 Å². The van der Waals surface area contributed by atoms with Crippen molar-refractivity contribution in [3.63, 3.8) is 0 Å². The van der Waals surface area contributed by atoms with Crippen molar-refractivity contribution in [2.24, 2.45) is 0 Å². The summed E-state index contributed by atoms with van der Waals surface area (Å²) in [6.07, 6.45) is 0. The molecule has 78 valence electrons. The van der Waals surface area contributed by atoms with E-state index in [1.165, 1.54) is 0 Å². The highest BCUT2D eigenvalue weighted by molar-refractivity contribution is 7.87. The Kier molecular flexibility index (Phi) is 3.32. The van der Waals surface area contributed by atoms with Gasteiger partial charge in [0, 0.05) is 12.7 Å². The molecule has 0 bridgehead atoms. The van der Waals surface area contributed by atoms with Gasteiger partial charge in [0.25, 0.3) is 0 Å². The summed E-state index contributed by atoms with van der Waals surface area (Å²) >= 11 is 0. The fraction of sp³-hybridized carbons (Fsp3) is 0.455. The molecule has 3 heteroatoms. The lowest BCUT2D eigenvalue weighted by molar-refractivity contribution is 0.647. The average Bonchev–Trinajstić information content (AvgIpc) is 2.15. The number of para-hydroxylation sites is 1. The normalized spacial score (nSPS) is 13.7. The Balaban J connectivity index is 2.87. The maximum absolute atomic E-state index is 12.0. The van der Waals surface area contributed by atoms with E-state index >= 15 is 0 Å². The minimum Gasteiger partial charge on any atom is -0.294 e. The summed E-state index contributed by atoms with van der Waals surface area (Å²) in [4.78, 5) is 0. The van der Waals surface area contributed by atoms with Gasteiger partial charge in [-0.1, -0.05) is 18.2 Å². The molecule has 0 aromatic heterocycles. The van der Waals surface area contributed by atoms with Crippen LogP contribution >= 0.6 is 0 Å². The van der Waals surface area contributed by atoms with Crippen LogP contribution in [0, 0.1) is 0 Å². The quantitative estimate of drug-likeness (QED) is 0.736. The lowest BCUT2D eigenvalue weighted by Gasteiger charge is -2.26. The SMILES string of the molecule is CN(c1ccccc1)[S@](=O)C(C)(C)C. The van der Waals surface area contributed by atoms with E-state index in [1.54, 1.807) is 4.31 Å². The van der Waals surface area contributed by atoms with Crippen molar-refractivity contribution in [2.45, 2.75) is 25.5 Å². The number of hydrogen-bond acceptors (Lipinski definition) is 1. The second-order valence-electron chi connectivity index (χ2n) is 4.19. The largest absolute Gasteiger partial charge is 0.294 e. The average molecular weight is 211 g/mol. The molecule has 0 fully saturated rings. The van der Waals surface area contributed by atoms with E-state index < -0.39 is 11.0 Å². The molecule has 0 heterocycles. The molecule has 1 rings (SSSR count). The Morgan fingerprint density at radius 1 is 1.14 bits per heavy atom. The van der Waals surface area contributed by atoms with Gasteiger partial charge >= 0.3 is 0 Å². The van der Waals surface area contributed by atoms with Crippen LogP contribution in [-0.4, -0.2) is 16.0 Å². The Bertz CT molecular complexity index is 316. The molecule has 14 heavy (non-hydrogen) atoms.